The third-order valence-corrected chi connectivity index (χ3v) is 5.14. The Labute approximate surface area is 138 Å². The van der Waals surface area contributed by atoms with Gasteiger partial charge in [0.15, 0.2) is 6.10 Å². The number of carbonyl (C=O) groups is 1. The van der Waals surface area contributed by atoms with Crippen molar-refractivity contribution in [3.05, 3.63) is 28.3 Å². The Hall–Kier alpha value is -1.22. The average molecular weight is 324 g/mol. The zero-order valence-electron chi connectivity index (χ0n) is 14.0. The molecule has 1 fully saturated rings. The molecule has 0 radical (unpaired) electrons. The van der Waals surface area contributed by atoms with Crippen LogP contribution in [0.1, 0.15) is 50.2 Å². The van der Waals surface area contributed by atoms with Crippen LogP contribution in [0.25, 0.3) is 0 Å². The normalized spacial score (nSPS) is 17.1. The summed E-state index contributed by atoms with van der Waals surface area (Å²) in [5.41, 5.74) is 1.94. The number of rotatable bonds is 4. The molecule has 122 valence electrons. The predicted octanol–water partition coefficient (Wildman–Crippen LogP) is 4.52. The van der Waals surface area contributed by atoms with Gasteiger partial charge in [-0.2, -0.15) is 0 Å². The summed E-state index contributed by atoms with van der Waals surface area (Å²) in [6.45, 7) is 5.71. The molecule has 0 spiro atoms. The van der Waals surface area contributed by atoms with Gasteiger partial charge in [-0.15, -0.1) is 0 Å². The highest BCUT2D eigenvalue weighted by Gasteiger charge is 2.26. The van der Waals surface area contributed by atoms with Crippen LogP contribution in [0.4, 0.5) is 0 Å². The van der Waals surface area contributed by atoms with E-state index in [4.69, 9.17) is 16.3 Å². The van der Waals surface area contributed by atoms with Gasteiger partial charge in [0.1, 0.15) is 5.75 Å². The largest absolute Gasteiger partial charge is 0.481 e. The summed E-state index contributed by atoms with van der Waals surface area (Å²) in [4.78, 5) is 14.4. The molecule has 0 saturated heterocycles. The Morgan fingerprint density at radius 1 is 1.23 bits per heavy atom. The van der Waals surface area contributed by atoms with E-state index in [-0.39, 0.29) is 5.91 Å². The van der Waals surface area contributed by atoms with Crippen LogP contribution in [0.5, 0.6) is 5.75 Å². The maximum Gasteiger partial charge on any atom is 0.263 e. The minimum absolute atomic E-state index is 0.0529. The molecule has 1 aliphatic carbocycles. The van der Waals surface area contributed by atoms with Gasteiger partial charge in [-0.25, -0.2) is 0 Å². The van der Waals surface area contributed by atoms with E-state index in [2.05, 4.69) is 0 Å². The number of aryl methyl sites for hydroxylation is 2. The molecular weight excluding hydrogens is 298 g/mol. The summed E-state index contributed by atoms with van der Waals surface area (Å²) in [6, 6.07) is 4.14. The summed E-state index contributed by atoms with van der Waals surface area (Å²) in [5, 5.41) is 0.755. The molecule has 1 aromatic carbocycles. The molecule has 0 heterocycles. The van der Waals surface area contributed by atoms with Crippen LogP contribution in [-0.2, 0) is 4.79 Å². The van der Waals surface area contributed by atoms with Gasteiger partial charge >= 0.3 is 0 Å². The maximum atomic E-state index is 12.6. The Morgan fingerprint density at radius 2 is 1.77 bits per heavy atom. The molecule has 0 bridgehead atoms. The van der Waals surface area contributed by atoms with Crippen LogP contribution in [-0.4, -0.2) is 30.0 Å². The quantitative estimate of drug-likeness (QED) is 0.815. The van der Waals surface area contributed by atoms with Gasteiger partial charge in [0.2, 0.25) is 0 Å². The summed E-state index contributed by atoms with van der Waals surface area (Å²) >= 11 is 6.17. The molecule has 2 rings (SSSR count). The number of hydrogen-bond acceptors (Lipinski definition) is 2. The number of ether oxygens (including phenoxy) is 1. The van der Waals surface area contributed by atoms with E-state index in [0.717, 1.165) is 29.0 Å². The van der Waals surface area contributed by atoms with Crippen molar-refractivity contribution in [2.45, 2.75) is 65.0 Å². The van der Waals surface area contributed by atoms with Crippen LogP contribution < -0.4 is 4.74 Å². The second-order valence-electron chi connectivity index (χ2n) is 6.37. The van der Waals surface area contributed by atoms with Crippen LogP contribution in [0, 0.1) is 13.8 Å². The molecule has 1 atom stereocenters. The Bertz CT molecular complexity index is 515. The number of hydrogen-bond donors (Lipinski definition) is 0. The molecule has 1 aromatic rings. The standard InChI is InChI=1S/C18H26ClNO2/c1-12-10-16(11-13(2)17(12)19)22-14(3)18(21)20(4)15-8-6-5-7-9-15/h10-11,14-15H,5-9H2,1-4H3/t14-/m0/s1. The number of nitrogens with zero attached hydrogens (tertiary/aromatic N) is 1. The zero-order valence-corrected chi connectivity index (χ0v) is 14.7. The van der Waals surface area contributed by atoms with E-state index in [1.807, 2.05) is 44.9 Å². The lowest BCUT2D eigenvalue weighted by atomic mass is 9.94. The molecule has 1 aliphatic rings. The predicted molar refractivity (Wildman–Crippen MR) is 90.7 cm³/mol. The number of halogens is 1. The fourth-order valence-corrected chi connectivity index (χ4v) is 3.27. The molecule has 22 heavy (non-hydrogen) atoms. The van der Waals surface area contributed by atoms with Gasteiger partial charge in [-0.3, -0.25) is 4.79 Å². The molecule has 0 aromatic heterocycles. The van der Waals surface area contributed by atoms with Gasteiger partial charge in [0.05, 0.1) is 0 Å². The topological polar surface area (TPSA) is 29.5 Å². The van der Waals surface area contributed by atoms with Crippen molar-refractivity contribution >= 4 is 17.5 Å². The highest BCUT2D eigenvalue weighted by Crippen LogP contribution is 2.27. The maximum absolute atomic E-state index is 12.6. The SMILES string of the molecule is Cc1cc(O[C@@H](C)C(=O)N(C)C2CCCCC2)cc(C)c1Cl. The van der Waals surface area contributed by atoms with E-state index in [1.165, 1.54) is 19.3 Å². The van der Waals surface area contributed by atoms with Crippen molar-refractivity contribution in [3.8, 4) is 5.75 Å². The first-order chi connectivity index (χ1) is 10.4. The first-order valence-electron chi connectivity index (χ1n) is 8.10. The third-order valence-electron chi connectivity index (χ3n) is 4.54. The van der Waals surface area contributed by atoms with Crippen LogP contribution in [0.2, 0.25) is 5.02 Å². The van der Waals surface area contributed by atoms with Crippen molar-refractivity contribution in [3.63, 3.8) is 0 Å². The second kappa shape index (κ2) is 7.36. The fraction of sp³-hybridized carbons (Fsp3) is 0.611. The van der Waals surface area contributed by atoms with Crippen molar-refractivity contribution in [1.82, 2.24) is 4.90 Å². The van der Waals surface area contributed by atoms with E-state index in [1.54, 1.807) is 0 Å². The zero-order chi connectivity index (χ0) is 16.3. The molecule has 4 heteroatoms. The van der Waals surface area contributed by atoms with Crippen LogP contribution in [0.3, 0.4) is 0 Å². The molecule has 1 amide bonds. The summed E-state index contributed by atoms with van der Waals surface area (Å²) in [5.74, 6) is 0.759. The summed E-state index contributed by atoms with van der Waals surface area (Å²) in [6.07, 6.45) is 5.45. The van der Waals surface area contributed by atoms with Crippen molar-refractivity contribution in [2.24, 2.45) is 0 Å². The third kappa shape index (κ3) is 3.95. The van der Waals surface area contributed by atoms with E-state index >= 15 is 0 Å². The highest BCUT2D eigenvalue weighted by molar-refractivity contribution is 6.32. The lowest BCUT2D eigenvalue weighted by Gasteiger charge is -2.33. The molecule has 0 aliphatic heterocycles. The molecule has 1 saturated carbocycles. The number of amides is 1. The minimum atomic E-state index is -0.480. The number of likely N-dealkylation sites (N-methyl/N-ethyl adjacent to an activating group) is 1. The van der Waals surface area contributed by atoms with Gasteiger partial charge in [0, 0.05) is 18.1 Å². The molecule has 0 unspecified atom stereocenters. The Kier molecular flexibility index (Phi) is 5.74. The Balaban J connectivity index is 2.01. The van der Waals surface area contributed by atoms with E-state index in [9.17, 15) is 4.79 Å². The van der Waals surface area contributed by atoms with E-state index in [0.29, 0.717) is 11.8 Å². The van der Waals surface area contributed by atoms with Crippen molar-refractivity contribution < 1.29 is 9.53 Å². The molecule has 3 nitrogen and oxygen atoms in total. The van der Waals surface area contributed by atoms with Crippen LogP contribution >= 0.6 is 11.6 Å². The smallest absolute Gasteiger partial charge is 0.263 e. The first-order valence-corrected chi connectivity index (χ1v) is 8.48. The minimum Gasteiger partial charge on any atom is -0.481 e. The average Bonchev–Trinajstić information content (AvgIpc) is 2.51. The molecular formula is C18H26ClNO2. The van der Waals surface area contributed by atoms with E-state index < -0.39 is 6.10 Å². The van der Waals surface area contributed by atoms with Gasteiger partial charge in [-0.1, -0.05) is 30.9 Å². The highest BCUT2D eigenvalue weighted by atomic mass is 35.5. The number of carbonyl (C=O) groups excluding carboxylic acids is 1. The van der Waals surface area contributed by atoms with Gasteiger partial charge in [-0.05, 0) is 56.9 Å². The first kappa shape index (κ1) is 17.1. The summed E-state index contributed by atoms with van der Waals surface area (Å²) in [7, 11) is 1.90. The summed E-state index contributed by atoms with van der Waals surface area (Å²) < 4.78 is 5.85. The van der Waals surface area contributed by atoms with Crippen molar-refractivity contribution in [2.75, 3.05) is 7.05 Å². The molecule has 0 N–H and O–H groups in total. The second-order valence-corrected chi connectivity index (χ2v) is 6.75. The van der Waals surface area contributed by atoms with Crippen LogP contribution in [0.15, 0.2) is 12.1 Å². The van der Waals surface area contributed by atoms with Gasteiger partial charge in [0.25, 0.3) is 5.91 Å². The lowest BCUT2D eigenvalue weighted by Crippen LogP contribution is -2.44. The monoisotopic (exact) mass is 323 g/mol. The Morgan fingerprint density at radius 3 is 2.32 bits per heavy atom. The van der Waals surface area contributed by atoms with Crippen molar-refractivity contribution in [1.29, 1.82) is 0 Å². The number of benzene rings is 1. The fourth-order valence-electron chi connectivity index (χ4n) is 3.16. The van der Waals surface area contributed by atoms with Gasteiger partial charge < -0.3 is 9.64 Å². The lowest BCUT2D eigenvalue weighted by molar-refractivity contribution is -0.139.